The van der Waals surface area contributed by atoms with Crippen molar-refractivity contribution in [3.63, 3.8) is 0 Å². The molecule has 1 aliphatic heterocycles. The summed E-state index contributed by atoms with van der Waals surface area (Å²) >= 11 is 0. The van der Waals surface area contributed by atoms with Crippen LogP contribution in [0.5, 0.6) is 0 Å². The molecule has 0 aliphatic carbocycles. The SMILES string of the molecule is O=C(c1nnn(-c2cccc(F)c2)c1C(F)(F)F)N1CCCN(Cc2ccccc2)CC1. The summed E-state index contributed by atoms with van der Waals surface area (Å²) in [5.41, 5.74) is -1.12. The molecule has 2 aromatic carbocycles. The van der Waals surface area contributed by atoms with Gasteiger partial charge in [0.05, 0.1) is 5.69 Å². The van der Waals surface area contributed by atoms with E-state index in [9.17, 15) is 22.4 Å². The Bertz CT molecular complexity index is 1080. The zero-order chi connectivity index (χ0) is 22.7. The van der Waals surface area contributed by atoms with E-state index in [2.05, 4.69) is 15.2 Å². The molecule has 0 atom stereocenters. The van der Waals surface area contributed by atoms with Crippen molar-refractivity contribution in [2.75, 3.05) is 26.2 Å². The van der Waals surface area contributed by atoms with Crippen molar-refractivity contribution in [1.29, 1.82) is 0 Å². The third-order valence-corrected chi connectivity index (χ3v) is 5.32. The summed E-state index contributed by atoms with van der Waals surface area (Å²) in [6, 6.07) is 14.4. The number of hydrogen-bond donors (Lipinski definition) is 0. The first-order valence-corrected chi connectivity index (χ1v) is 10.2. The van der Waals surface area contributed by atoms with Crippen LogP contribution in [0.15, 0.2) is 54.6 Å². The molecule has 1 fully saturated rings. The van der Waals surface area contributed by atoms with Gasteiger partial charge in [-0.2, -0.15) is 13.2 Å². The van der Waals surface area contributed by atoms with Crippen LogP contribution < -0.4 is 0 Å². The first kappa shape index (κ1) is 21.9. The zero-order valence-electron chi connectivity index (χ0n) is 17.1. The quantitative estimate of drug-likeness (QED) is 0.572. The second-order valence-electron chi connectivity index (χ2n) is 7.58. The van der Waals surface area contributed by atoms with Crippen LogP contribution in [-0.2, 0) is 12.7 Å². The van der Waals surface area contributed by atoms with Gasteiger partial charge >= 0.3 is 6.18 Å². The van der Waals surface area contributed by atoms with Gasteiger partial charge in [-0.25, -0.2) is 9.07 Å². The molecule has 1 aliphatic rings. The van der Waals surface area contributed by atoms with E-state index in [1.54, 1.807) is 0 Å². The van der Waals surface area contributed by atoms with Crippen LogP contribution in [0.3, 0.4) is 0 Å². The number of benzene rings is 2. The minimum Gasteiger partial charge on any atom is -0.336 e. The van der Waals surface area contributed by atoms with Crippen molar-refractivity contribution in [1.82, 2.24) is 24.8 Å². The number of alkyl halides is 3. The minimum atomic E-state index is -4.90. The lowest BCUT2D eigenvalue weighted by Crippen LogP contribution is -2.36. The zero-order valence-corrected chi connectivity index (χ0v) is 17.1. The highest BCUT2D eigenvalue weighted by atomic mass is 19.4. The van der Waals surface area contributed by atoms with E-state index in [0.29, 0.717) is 30.7 Å². The Labute approximate surface area is 182 Å². The Kier molecular flexibility index (Phi) is 6.22. The third-order valence-electron chi connectivity index (χ3n) is 5.32. The van der Waals surface area contributed by atoms with Gasteiger partial charge in [-0.15, -0.1) is 5.10 Å². The molecule has 2 heterocycles. The van der Waals surface area contributed by atoms with Gasteiger partial charge in [-0.3, -0.25) is 9.69 Å². The Morgan fingerprint density at radius 2 is 1.75 bits per heavy atom. The predicted octanol–water partition coefficient (Wildman–Crippen LogP) is 3.77. The first-order valence-electron chi connectivity index (χ1n) is 10.2. The molecule has 0 saturated carbocycles. The van der Waals surface area contributed by atoms with Gasteiger partial charge in [0.25, 0.3) is 5.91 Å². The van der Waals surface area contributed by atoms with Crippen molar-refractivity contribution < 1.29 is 22.4 Å². The van der Waals surface area contributed by atoms with E-state index < -0.39 is 29.3 Å². The van der Waals surface area contributed by atoms with Crippen LogP contribution >= 0.6 is 0 Å². The monoisotopic (exact) mass is 447 g/mol. The van der Waals surface area contributed by atoms with Crippen LogP contribution in [0, 0.1) is 5.82 Å². The Hall–Kier alpha value is -3.27. The molecule has 32 heavy (non-hydrogen) atoms. The Balaban J connectivity index is 1.55. The molecule has 10 heteroatoms. The van der Waals surface area contributed by atoms with Crippen molar-refractivity contribution in [2.45, 2.75) is 19.1 Å². The smallest absolute Gasteiger partial charge is 0.336 e. The molecule has 0 spiro atoms. The fourth-order valence-corrected chi connectivity index (χ4v) is 3.79. The fourth-order valence-electron chi connectivity index (χ4n) is 3.79. The van der Waals surface area contributed by atoms with E-state index in [1.807, 2.05) is 30.3 Å². The highest BCUT2D eigenvalue weighted by Crippen LogP contribution is 2.33. The maximum atomic E-state index is 13.9. The lowest BCUT2D eigenvalue weighted by atomic mass is 10.2. The molecule has 1 aromatic heterocycles. The fraction of sp³-hybridized carbons (Fsp3) is 0.318. The lowest BCUT2D eigenvalue weighted by Gasteiger charge is -2.22. The molecule has 6 nitrogen and oxygen atoms in total. The highest BCUT2D eigenvalue weighted by Gasteiger charge is 2.43. The van der Waals surface area contributed by atoms with Crippen LogP contribution in [0.1, 0.15) is 28.2 Å². The number of carbonyl (C=O) groups is 1. The van der Waals surface area contributed by atoms with Crippen LogP contribution in [0.25, 0.3) is 5.69 Å². The summed E-state index contributed by atoms with van der Waals surface area (Å²) in [5, 5.41) is 7.07. The van der Waals surface area contributed by atoms with Gasteiger partial charge in [0.15, 0.2) is 11.4 Å². The van der Waals surface area contributed by atoms with E-state index in [4.69, 9.17) is 0 Å². The Morgan fingerprint density at radius 1 is 0.969 bits per heavy atom. The summed E-state index contributed by atoms with van der Waals surface area (Å²) in [6.45, 7) is 2.54. The number of nitrogens with zero attached hydrogens (tertiary/aromatic N) is 5. The number of carbonyl (C=O) groups excluding carboxylic acids is 1. The van der Waals surface area contributed by atoms with Gasteiger partial charge in [-0.1, -0.05) is 41.6 Å². The summed E-state index contributed by atoms with van der Waals surface area (Å²) in [6.07, 6.45) is -4.27. The molecule has 1 saturated heterocycles. The molecular formula is C22H21F4N5O. The molecular weight excluding hydrogens is 426 g/mol. The van der Waals surface area contributed by atoms with E-state index in [1.165, 1.54) is 17.0 Å². The van der Waals surface area contributed by atoms with Crippen molar-refractivity contribution in [3.8, 4) is 5.69 Å². The molecule has 1 amide bonds. The average Bonchev–Trinajstić information content (AvgIpc) is 3.10. The molecule has 4 rings (SSSR count). The average molecular weight is 447 g/mol. The molecule has 0 unspecified atom stereocenters. The van der Waals surface area contributed by atoms with E-state index >= 15 is 0 Å². The second kappa shape index (κ2) is 9.07. The lowest BCUT2D eigenvalue weighted by molar-refractivity contribution is -0.143. The maximum Gasteiger partial charge on any atom is 0.435 e. The van der Waals surface area contributed by atoms with Crippen LogP contribution in [0.4, 0.5) is 17.6 Å². The number of aromatic nitrogens is 3. The summed E-state index contributed by atoms with van der Waals surface area (Å²) in [7, 11) is 0. The molecule has 168 valence electrons. The topological polar surface area (TPSA) is 54.3 Å². The van der Waals surface area contributed by atoms with Gasteiger partial charge in [0, 0.05) is 32.7 Å². The van der Waals surface area contributed by atoms with E-state index in [0.717, 1.165) is 24.2 Å². The first-order chi connectivity index (χ1) is 15.3. The summed E-state index contributed by atoms with van der Waals surface area (Å²) in [5.74, 6) is -1.55. The maximum absolute atomic E-state index is 13.9. The van der Waals surface area contributed by atoms with Crippen LogP contribution in [-0.4, -0.2) is 56.9 Å². The van der Waals surface area contributed by atoms with Gasteiger partial charge in [0.2, 0.25) is 0 Å². The summed E-state index contributed by atoms with van der Waals surface area (Å²) < 4.78 is 55.6. The number of rotatable bonds is 4. The number of halogens is 4. The van der Waals surface area contributed by atoms with Gasteiger partial charge in [0.1, 0.15) is 5.82 Å². The van der Waals surface area contributed by atoms with Crippen LogP contribution in [0.2, 0.25) is 0 Å². The number of amides is 1. The van der Waals surface area contributed by atoms with Crippen molar-refractivity contribution in [2.24, 2.45) is 0 Å². The highest BCUT2D eigenvalue weighted by molar-refractivity contribution is 5.93. The van der Waals surface area contributed by atoms with Gasteiger partial charge < -0.3 is 4.90 Å². The van der Waals surface area contributed by atoms with Crippen molar-refractivity contribution >= 4 is 5.91 Å². The van der Waals surface area contributed by atoms with E-state index in [-0.39, 0.29) is 12.2 Å². The summed E-state index contributed by atoms with van der Waals surface area (Å²) in [4.78, 5) is 16.6. The molecule has 0 radical (unpaired) electrons. The predicted molar refractivity (Wildman–Crippen MR) is 109 cm³/mol. The normalized spacial score (nSPS) is 15.6. The molecule has 0 N–H and O–H groups in total. The van der Waals surface area contributed by atoms with Gasteiger partial charge in [-0.05, 0) is 30.2 Å². The standard InChI is InChI=1S/C22H21F4N5O/c23-17-8-4-9-18(14-17)31-20(22(24,25)26)19(27-28-31)21(32)30-11-5-10-29(12-13-30)15-16-6-2-1-3-7-16/h1-4,6-9,14H,5,10-13,15H2. The molecule has 3 aromatic rings. The Morgan fingerprint density at radius 3 is 2.47 bits per heavy atom. The molecule has 0 bridgehead atoms. The minimum absolute atomic E-state index is 0.159. The third kappa shape index (κ3) is 4.80. The number of hydrogen-bond acceptors (Lipinski definition) is 4. The second-order valence-corrected chi connectivity index (χ2v) is 7.58. The largest absolute Gasteiger partial charge is 0.435 e. The van der Waals surface area contributed by atoms with Crippen molar-refractivity contribution in [3.05, 3.63) is 77.4 Å².